The lowest BCUT2D eigenvalue weighted by Gasteiger charge is -2.26. The van der Waals surface area contributed by atoms with Crippen LogP contribution in [0.15, 0.2) is 18.3 Å². The van der Waals surface area contributed by atoms with Gasteiger partial charge in [-0.2, -0.15) is 0 Å². The standard InChI is InChI=1S/C16H21N3O2/c1-10-7-8-19-14(9-10)17-11(2)15(19)16(21)18-12-3-5-13(20)6-4-12/h7-9,12-13,20H,3-6H2,1-2H3,(H,18,21). The van der Waals surface area contributed by atoms with Gasteiger partial charge in [-0.05, 0) is 57.2 Å². The van der Waals surface area contributed by atoms with E-state index in [1.165, 1.54) is 0 Å². The predicted molar refractivity (Wildman–Crippen MR) is 80.4 cm³/mol. The average Bonchev–Trinajstić information content (AvgIpc) is 2.76. The molecule has 1 saturated carbocycles. The minimum Gasteiger partial charge on any atom is -0.393 e. The van der Waals surface area contributed by atoms with Crippen LogP contribution in [0.3, 0.4) is 0 Å². The van der Waals surface area contributed by atoms with Crippen molar-refractivity contribution >= 4 is 11.6 Å². The molecular formula is C16H21N3O2. The van der Waals surface area contributed by atoms with Gasteiger partial charge in [-0.3, -0.25) is 9.20 Å². The molecule has 2 aromatic rings. The van der Waals surface area contributed by atoms with Crippen LogP contribution in [0.4, 0.5) is 0 Å². The van der Waals surface area contributed by atoms with Crippen molar-refractivity contribution in [3.05, 3.63) is 35.3 Å². The molecule has 21 heavy (non-hydrogen) atoms. The Morgan fingerprint density at radius 3 is 2.76 bits per heavy atom. The maximum atomic E-state index is 12.5. The van der Waals surface area contributed by atoms with Crippen LogP contribution in [-0.4, -0.2) is 32.5 Å². The largest absolute Gasteiger partial charge is 0.393 e. The molecule has 0 atom stereocenters. The lowest BCUT2D eigenvalue weighted by molar-refractivity contribution is 0.0862. The summed E-state index contributed by atoms with van der Waals surface area (Å²) >= 11 is 0. The number of hydrogen-bond acceptors (Lipinski definition) is 3. The van der Waals surface area contributed by atoms with Crippen molar-refractivity contribution in [2.75, 3.05) is 0 Å². The quantitative estimate of drug-likeness (QED) is 0.887. The maximum absolute atomic E-state index is 12.5. The Hall–Kier alpha value is -1.88. The van der Waals surface area contributed by atoms with Gasteiger partial charge in [0.1, 0.15) is 11.3 Å². The van der Waals surface area contributed by atoms with Crippen LogP contribution in [0.25, 0.3) is 5.65 Å². The first-order valence-corrected chi connectivity index (χ1v) is 7.49. The summed E-state index contributed by atoms with van der Waals surface area (Å²) in [5.41, 5.74) is 3.28. The summed E-state index contributed by atoms with van der Waals surface area (Å²) in [6, 6.07) is 4.10. The Balaban J connectivity index is 1.83. The lowest BCUT2D eigenvalue weighted by atomic mass is 9.93. The Bertz CT molecular complexity index is 669. The molecule has 1 aliphatic rings. The Labute approximate surface area is 124 Å². The zero-order chi connectivity index (χ0) is 15.0. The van der Waals surface area contributed by atoms with E-state index < -0.39 is 0 Å². The van der Waals surface area contributed by atoms with Crippen LogP contribution in [0.5, 0.6) is 0 Å². The van der Waals surface area contributed by atoms with E-state index in [1.807, 2.05) is 36.6 Å². The number of imidazole rings is 1. The third-order valence-electron chi connectivity index (χ3n) is 4.20. The summed E-state index contributed by atoms with van der Waals surface area (Å²) in [6.07, 6.45) is 4.87. The number of nitrogens with zero attached hydrogens (tertiary/aromatic N) is 2. The summed E-state index contributed by atoms with van der Waals surface area (Å²) < 4.78 is 1.84. The van der Waals surface area contributed by atoms with E-state index in [9.17, 15) is 9.90 Å². The zero-order valence-corrected chi connectivity index (χ0v) is 12.5. The van der Waals surface area contributed by atoms with Gasteiger partial charge in [0.25, 0.3) is 5.91 Å². The highest BCUT2D eigenvalue weighted by molar-refractivity contribution is 5.94. The van der Waals surface area contributed by atoms with Gasteiger partial charge in [-0.1, -0.05) is 0 Å². The first kappa shape index (κ1) is 14.1. The van der Waals surface area contributed by atoms with Gasteiger partial charge in [0.05, 0.1) is 11.8 Å². The molecule has 2 heterocycles. The van der Waals surface area contributed by atoms with Crippen molar-refractivity contribution in [3.8, 4) is 0 Å². The molecule has 2 N–H and O–H groups in total. The van der Waals surface area contributed by atoms with Crippen molar-refractivity contribution < 1.29 is 9.90 Å². The van der Waals surface area contributed by atoms with E-state index in [2.05, 4.69) is 10.3 Å². The molecule has 0 aliphatic heterocycles. The molecule has 0 unspecified atom stereocenters. The molecule has 1 fully saturated rings. The highest BCUT2D eigenvalue weighted by Crippen LogP contribution is 2.20. The fourth-order valence-corrected chi connectivity index (χ4v) is 3.01. The number of aliphatic hydroxyl groups excluding tert-OH is 1. The maximum Gasteiger partial charge on any atom is 0.270 e. The van der Waals surface area contributed by atoms with Crippen molar-refractivity contribution in [1.82, 2.24) is 14.7 Å². The minimum absolute atomic E-state index is 0.0785. The van der Waals surface area contributed by atoms with Gasteiger partial charge in [0.2, 0.25) is 0 Å². The van der Waals surface area contributed by atoms with Crippen molar-refractivity contribution in [1.29, 1.82) is 0 Å². The molecular weight excluding hydrogens is 266 g/mol. The van der Waals surface area contributed by atoms with Crippen LogP contribution in [0.1, 0.15) is 47.4 Å². The second-order valence-electron chi connectivity index (χ2n) is 5.96. The highest BCUT2D eigenvalue weighted by Gasteiger charge is 2.23. The van der Waals surface area contributed by atoms with Gasteiger partial charge < -0.3 is 10.4 Å². The molecule has 0 spiro atoms. The number of carbonyl (C=O) groups excluding carboxylic acids is 1. The first-order chi connectivity index (χ1) is 10.0. The second-order valence-corrected chi connectivity index (χ2v) is 5.96. The molecule has 3 rings (SSSR count). The van der Waals surface area contributed by atoms with E-state index >= 15 is 0 Å². The van der Waals surface area contributed by atoms with Crippen LogP contribution in [0.2, 0.25) is 0 Å². The van der Waals surface area contributed by atoms with E-state index in [0.717, 1.165) is 42.6 Å². The molecule has 1 aliphatic carbocycles. The molecule has 5 heteroatoms. The number of hydrogen-bond donors (Lipinski definition) is 2. The molecule has 0 radical (unpaired) electrons. The lowest BCUT2D eigenvalue weighted by Crippen LogP contribution is -2.39. The van der Waals surface area contributed by atoms with Crippen LogP contribution >= 0.6 is 0 Å². The highest BCUT2D eigenvalue weighted by atomic mass is 16.3. The van der Waals surface area contributed by atoms with Crippen molar-refractivity contribution in [3.63, 3.8) is 0 Å². The summed E-state index contributed by atoms with van der Waals surface area (Å²) in [5, 5.41) is 12.6. The van der Waals surface area contributed by atoms with E-state index in [4.69, 9.17) is 0 Å². The number of aryl methyl sites for hydroxylation is 2. The number of nitrogens with one attached hydrogen (secondary N) is 1. The molecule has 0 aromatic carbocycles. The monoisotopic (exact) mass is 287 g/mol. The van der Waals surface area contributed by atoms with Gasteiger partial charge in [-0.15, -0.1) is 0 Å². The Morgan fingerprint density at radius 1 is 1.33 bits per heavy atom. The molecule has 2 aromatic heterocycles. The van der Waals surface area contributed by atoms with Crippen LogP contribution in [0, 0.1) is 13.8 Å². The van der Waals surface area contributed by atoms with Crippen molar-refractivity contribution in [2.45, 2.75) is 51.7 Å². The number of rotatable bonds is 2. The molecule has 0 saturated heterocycles. The van der Waals surface area contributed by atoms with Crippen LogP contribution in [-0.2, 0) is 0 Å². The van der Waals surface area contributed by atoms with Gasteiger partial charge in [-0.25, -0.2) is 4.98 Å². The predicted octanol–water partition coefficient (Wildman–Crippen LogP) is 1.98. The third-order valence-corrected chi connectivity index (χ3v) is 4.20. The van der Waals surface area contributed by atoms with E-state index in [-0.39, 0.29) is 18.1 Å². The van der Waals surface area contributed by atoms with E-state index in [1.54, 1.807) is 0 Å². The number of amides is 1. The number of aromatic nitrogens is 2. The second kappa shape index (κ2) is 5.48. The molecule has 1 amide bonds. The molecule has 112 valence electrons. The average molecular weight is 287 g/mol. The normalized spacial score (nSPS) is 22.4. The minimum atomic E-state index is -0.210. The molecule has 5 nitrogen and oxygen atoms in total. The third kappa shape index (κ3) is 2.78. The topological polar surface area (TPSA) is 66.6 Å². The van der Waals surface area contributed by atoms with Crippen molar-refractivity contribution in [2.24, 2.45) is 0 Å². The molecule has 0 bridgehead atoms. The summed E-state index contributed by atoms with van der Waals surface area (Å²) in [7, 11) is 0. The SMILES string of the molecule is Cc1ccn2c(C(=O)NC3CCC(O)CC3)c(C)nc2c1. The van der Waals surface area contributed by atoms with E-state index in [0.29, 0.717) is 5.69 Å². The smallest absolute Gasteiger partial charge is 0.270 e. The summed E-state index contributed by atoms with van der Waals surface area (Å²) in [4.78, 5) is 17.0. The fourth-order valence-electron chi connectivity index (χ4n) is 3.01. The van der Waals surface area contributed by atoms with Gasteiger partial charge in [0.15, 0.2) is 0 Å². The van der Waals surface area contributed by atoms with Crippen LogP contribution < -0.4 is 5.32 Å². The zero-order valence-electron chi connectivity index (χ0n) is 12.5. The van der Waals surface area contributed by atoms with Gasteiger partial charge >= 0.3 is 0 Å². The summed E-state index contributed by atoms with van der Waals surface area (Å²) in [6.45, 7) is 3.87. The number of pyridine rings is 1. The number of carbonyl (C=O) groups is 1. The van der Waals surface area contributed by atoms with Gasteiger partial charge in [0, 0.05) is 12.2 Å². The number of aliphatic hydroxyl groups is 1. The fraction of sp³-hybridized carbons (Fsp3) is 0.500. The Kier molecular flexibility index (Phi) is 3.68. The summed E-state index contributed by atoms with van der Waals surface area (Å²) in [5.74, 6) is -0.0785. The number of fused-ring (bicyclic) bond motifs is 1. The first-order valence-electron chi connectivity index (χ1n) is 7.49. The Morgan fingerprint density at radius 2 is 2.05 bits per heavy atom.